The van der Waals surface area contributed by atoms with Crippen LogP contribution >= 0.6 is 0 Å². The number of carboxylic acids is 1. The SMILES string of the molecule is CC1(F)C#CC(F)(F)CCN(C(=O)CCC(=O)O)C1. The van der Waals surface area contributed by atoms with Gasteiger partial charge in [-0.25, -0.2) is 4.39 Å². The van der Waals surface area contributed by atoms with Crippen molar-refractivity contribution in [2.75, 3.05) is 13.1 Å². The fraction of sp³-hybridized carbons (Fsp3) is 0.667. The van der Waals surface area contributed by atoms with Gasteiger partial charge in [-0.2, -0.15) is 8.78 Å². The third kappa shape index (κ3) is 5.20. The summed E-state index contributed by atoms with van der Waals surface area (Å²) in [6, 6.07) is 0. The van der Waals surface area contributed by atoms with Gasteiger partial charge in [0, 0.05) is 19.4 Å². The lowest BCUT2D eigenvalue weighted by atomic mass is 10.0. The summed E-state index contributed by atoms with van der Waals surface area (Å²) in [6.07, 6.45) is -1.44. The van der Waals surface area contributed by atoms with Crippen LogP contribution in [0.2, 0.25) is 0 Å². The molecule has 1 atom stereocenters. The van der Waals surface area contributed by atoms with E-state index in [4.69, 9.17) is 5.11 Å². The molecule has 19 heavy (non-hydrogen) atoms. The van der Waals surface area contributed by atoms with Gasteiger partial charge in [0.05, 0.1) is 13.0 Å². The second-order valence-electron chi connectivity index (χ2n) is 4.61. The van der Waals surface area contributed by atoms with Crippen LogP contribution in [0.25, 0.3) is 0 Å². The van der Waals surface area contributed by atoms with Gasteiger partial charge in [-0.1, -0.05) is 5.92 Å². The highest BCUT2D eigenvalue weighted by Crippen LogP contribution is 2.23. The highest BCUT2D eigenvalue weighted by molar-refractivity contribution is 5.80. The molecule has 1 rings (SSSR count). The Morgan fingerprint density at radius 3 is 2.47 bits per heavy atom. The fourth-order valence-electron chi connectivity index (χ4n) is 1.62. The minimum atomic E-state index is -3.35. The molecule has 106 valence electrons. The largest absolute Gasteiger partial charge is 0.481 e. The Bertz CT molecular complexity index is 437. The second kappa shape index (κ2) is 5.51. The van der Waals surface area contributed by atoms with E-state index in [1.54, 1.807) is 5.92 Å². The van der Waals surface area contributed by atoms with E-state index in [1.807, 2.05) is 5.92 Å². The standard InChI is InChI=1S/C12H14F3NO3/c1-11(13)4-5-12(14,15)6-7-16(8-11)9(17)2-3-10(18)19/h2-3,6-8H2,1H3,(H,18,19). The van der Waals surface area contributed by atoms with Crippen LogP contribution in [-0.2, 0) is 9.59 Å². The zero-order chi connectivity index (χ0) is 14.7. The first-order valence-corrected chi connectivity index (χ1v) is 5.72. The maximum atomic E-state index is 13.8. The molecule has 4 nitrogen and oxygen atoms in total. The number of rotatable bonds is 3. The summed E-state index contributed by atoms with van der Waals surface area (Å²) in [5.41, 5.74) is -2.23. The zero-order valence-corrected chi connectivity index (χ0v) is 10.4. The van der Waals surface area contributed by atoms with E-state index in [0.717, 1.165) is 11.8 Å². The lowest BCUT2D eigenvalue weighted by Gasteiger charge is -2.29. The quantitative estimate of drug-likeness (QED) is 0.794. The summed E-state index contributed by atoms with van der Waals surface area (Å²) >= 11 is 0. The average Bonchev–Trinajstić information content (AvgIpc) is 2.28. The van der Waals surface area contributed by atoms with Crippen molar-refractivity contribution in [2.45, 2.75) is 37.8 Å². The van der Waals surface area contributed by atoms with E-state index in [0.29, 0.717) is 0 Å². The van der Waals surface area contributed by atoms with E-state index in [1.165, 1.54) is 0 Å². The van der Waals surface area contributed by atoms with Crippen LogP contribution in [-0.4, -0.2) is 46.6 Å². The van der Waals surface area contributed by atoms with Gasteiger partial charge in [0.25, 0.3) is 0 Å². The molecule has 1 aliphatic rings. The van der Waals surface area contributed by atoms with Crippen LogP contribution in [0.15, 0.2) is 0 Å². The molecule has 0 aromatic rings. The van der Waals surface area contributed by atoms with Crippen molar-refractivity contribution in [3.05, 3.63) is 0 Å². The molecule has 1 N–H and O–H groups in total. The number of aliphatic carboxylic acids is 1. The first kappa shape index (κ1) is 15.3. The van der Waals surface area contributed by atoms with E-state index in [-0.39, 0.29) is 13.0 Å². The van der Waals surface area contributed by atoms with Crippen molar-refractivity contribution in [1.82, 2.24) is 4.90 Å². The number of hydrogen-bond acceptors (Lipinski definition) is 2. The van der Waals surface area contributed by atoms with Crippen molar-refractivity contribution in [2.24, 2.45) is 0 Å². The molecule has 0 aromatic heterocycles. The maximum absolute atomic E-state index is 13.8. The highest BCUT2D eigenvalue weighted by Gasteiger charge is 2.35. The number of alkyl halides is 3. The first-order valence-electron chi connectivity index (χ1n) is 5.72. The molecule has 0 fully saturated rings. The molecule has 1 heterocycles. The summed E-state index contributed by atoms with van der Waals surface area (Å²) in [4.78, 5) is 22.9. The fourth-order valence-corrected chi connectivity index (χ4v) is 1.62. The Balaban J connectivity index is 2.79. The smallest absolute Gasteiger partial charge is 0.309 e. The van der Waals surface area contributed by atoms with Crippen LogP contribution < -0.4 is 0 Å². The Kier molecular flexibility index (Phi) is 4.45. The molecule has 0 aromatic carbocycles. The predicted molar refractivity (Wildman–Crippen MR) is 60.3 cm³/mol. The third-order valence-electron chi connectivity index (χ3n) is 2.59. The van der Waals surface area contributed by atoms with Gasteiger partial charge in [0.2, 0.25) is 5.91 Å². The number of halogens is 3. The van der Waals surface area contributed by atoms with Crippen molar-refractivity contribution >= 4 is 11.9 Å². The van der Waals surface area contributed by atoms with Crippen LogP contribution in [0.5, 0.6) is 0 Å². The van der Waals surface area contributed by atoms with E-state index < -0.39 is 42.9 Å². The lowest BCUT2D eigenvalue weighted by molar-refractivity contribution is -0.141. The summed E-state index contributed by atoms with van der Waals surface area (Å²) in [5, 5.41) is 8.46. The molecule has 0 saturated carbocycles. The Morgan fingerprint density at radius 2 is 1.89 bits per heavy atom. The molecule has 0 radical (unpaired) electrons. The van der Waals surface area contributed by atoms with E-state index in [9.17, 15) is 22.8 Å². The Hall–Kier alpha value is -1.71. The molecule has 1 aliphatic heterocycles. The summed E-state index contributed by atoms with van der Waals surface area (Å²) in [5.74, 6) is -1.79. The van der Waals surface area contributed by atoms with Crippen molar-refractivity contribution in [3.63, 3.8) is 0 Å². The highest BCUT2D eigenvalue weighted by atomic mass is 19.3. The van der Waals surface area contributed by atoms with Crippen molar-refractivity contribution in [1.29, 1.82) is 0 Å². The van der Waals surface area contributed by atoms with Crippen molar-refractivity contribution in [3.8, 4) is 11.8 Å². The minimum Gasteiger partial charge on any atom is -0.481 e. The predicted octanol–water partition coefficient (Wildman–Crippen LogP) is 1.45. The zero-order valence-electron chi connectivity index (χ0n) is 10.4. The van der Waals surface area contributed by atoms with Gasteiger partial charge >= 0.3 is 11.9 Å². The summed E-state index contributed by atoms with van der Waals surface area (Å²) in [6.45, 7) is 0.229. The number of carboxylic acid groups (broad SMARTS) is 1. The van der Waals surface area contributed by atoms with Crippen LogP contribution in [0, 0.1) is 11.8 Å². The molecule has 1 amide bonds. The van der Waals surface area contributed by atoms with Gasteiger partial charge in [0.15, 0.2) is 5.67 Å². The Labute approximate surface area is 108 Å². The van der Waals surface area contributed by atoms with Gasteiger partial charge in [0.1, 0.15) is 0 Å². The lowest BCUT2D eigenvalue weighted by Crippen LogP contribution is -2.44. The van der Waals surface area contributed by atoms with E-state index in [2.05, 4.69) is 0 Å². The molecular formula is C12H14F3NO3. The molecule has 0 aliphatic carbocycles. The van der Waals surface area contributed by atoms with Crippen LogP contribution in [0.1, 0.15) is 26.2 Å². The number of carbonyl (C=O) groups is 2. The first-order chi connectivity index (χ1) is 8.61. The molecule has 1 unspecified atom stereocenters. The van der Waals surface area contributed by atoms with Crippen LogP contribution in [0.4, 0.5) is 13.2 Å². The number of carbonyl (C=O) groups excluding carboxylic acids is 1. The average molecular weight is 277 g/mol. The number of nitrogens with zero attached hydrogens (tertiary/aromatic N) is 1. The van der Waals surface area contributed by atoms with Gasteiger partial charge in [-0.05, 0) is 12.8 Å². The van der Waals surface area contributed by atoms with Gasteiger partial charge in [-0.3, -0.25) is 9.59 Å². The van der Waals surface area contributed by atoms with Crippen molar-refractivity contribution < 1.29 is 27.9 Å². The van der Waals surface area contributed by atoms with Crippen LogP contribution in [0.3, 0.4) is 0 Å². The monoisotopic (exact) mass is 277 g/mol. The molecule has 0 bridgehead atoms. The maximum Gasteiger partial charge on any atom is 0.309 e. The minimum absolute atomic E-state index is 0.343. The molecule has 7 heteroatoms. The van der Waals surface area contributed by atoms with E-state index >= 15 is 0 Å². The number of hydrogen-bond donors (Lipinski definition) is 1. The summed E-state index contributed by atoms with van der Waals surface area (Å²) < 4.78 is 40.2. The molecular weight excluding hydrogens is 263 g/mol. The molecule has 0 saturated heterocycles. The van der Waals surface area contributed by atoms with Gasteiger partial charge < -0.3 is 10.0 Å². The number of amides is 1. The summed E-state index contributed by atoms with van der Waals surface area (Å²) in [7, 11) is 0. The Morgan fingerprint density at radius 1 is 1.26 bits per heavy atom. The molecule has 0 spiro atoms. The van der Waals surface area contributed by atoms with Gasteiger partial charge in [-0.15, -0.1) is 0 Å². The third-order valence-corrected chi connectivity index (χ3v) is 2.59. The normalized spacial score (nSPS) is 25.8. The topological polar surface area (TPSA) is 57.6 Å². The second-order valence-corrected chi connectivity index (χ2v) is 4.61.